The first-order valence-electron chi connectivity index (χ1n) is 8.46. The maximum absolute atomic E-state index is 12.5. The summed E-state index contributed by atoms with van der Waals surface area (Å²) in [6.07, 6.45) is 2.54. The van der Waals surface area contributed by atoms with Gasteiger partial charge in [-0.3, -0.25) is 9.78 Å². The fraction of sp³-hybridized carbons (Fsp3) is 0.368. The fourth-order valence-corrected chi connectivity index (χ4v) is 2.77. The lowest BCUT2D eigenvalue weighted by atomic mass is 10.1. The van der Waals surface area contributed by atoms with Crippen LogP contribution >= 0.6 is 0 Å². The van der Waals surface area contributed by atoms with Crippen molar-refractivity contribution in [1.29, 1.82) is 0 Å². The van der Waals surface area contributed by atoms with Crippen LogP contribution in [0.3, 0.4) is 0 Å². The zero-order chi connectivity index (χ0) is 17.5. The Labute approximate surface area is 147 Å². The van der Waals surface area contributed by atoms with Crippen molar-refractivity contribution in [2.75, 3.05) is 45.3 Å². The van der Waals surface area contributed by atoms with E-state index in [0.29, 0.717) is 32.0 Å². The van der Waals surface area contributed by atoms with Gasteiger partial charge in [0.15, 0.2) is 0 Å². The van der Waals surface area contributed by atoms with Crippen LogP contribution in [0.4, 0.5) is 5.69 Å². The summed E-state index contributed by atoms with van der Waals surface area (Å²) < 4.78 is 10.5. The van der Waals surface area contributed by atoms with E-state index in [1.54, 1.807) is 18.2 Å². The maximum Gasteiger partial charge on any atom is 0.272 e. The van der Waals surface area contributed by atoms with Crippen molar-refractivity contribution in [3.05, 3.63) is 53.9 Å². The molecule has 2 aromatic rings. The van der Waals surface area contributed by atoms with Gasteiger partial charge >= 0.3 is 0 Å². The lowest BCUT2D eigenvalue weighted by Gasteiger charge is -2.26. The molecule has 2 heterocycles. The minimum atomic E-state index is -0.0419. The predicted octanol–water partition coefficient (Wildman–Crippen LogP) is 2.22. The van der Waals surface area contributed by atoms with Gasteiger partial charge in [-0.15, -0.1) is 0 Å². The molecule has 1 aromatic heterocycles. The molecule has 1 saturated heterocycles. The summed E-state index contributed by atoms with van der Waals surface area (Å²) in [4.78, 5) is 18.5. The second-order valence-corrected chi connectivity index (χ2v) is 5.86. The van der Waals surface area contributed by atoms with E-state index in [0.717, 1.165) is 24.4 Å². The quantitative estimate of drug-likeness (QED) is 0.873. The van der Waals surface area contributed by atoms with Crippen LogP contribution in [0, 0.1) is 0 Å². The second-order valence-electron chi connectivity index (χ2n) is 5.86. The topological polar surface area (TPSA) is 63.7 Å². The highest BCUT2D eigenvalue weighted by Gasteiger charge is 2.19. The predicted molar refractivity (Wildman–Crippen MR) is 96.1 cm³/mol. The van der Waals surface area contributed by atoms with Crippen molar-refractivity contribution in [2.24, 2.45) is 0 Å². The molecule has 0 saturated carbocycles. The third-order valence-electron chi connectivity index (χ3n) is 4.15. The molecule has 0 unspecified atom stereocenters. The number of hydrogen-bond donors (Lipinski definition) is 1. The number of nitrogens with one attached hydrogen (secondary N) is 1. The fourth-order valence-electron chi connectivity index (χ4n) is 2.77. The van der Waals surface area contributed by atoms with Crippen LogP contribution in [0.25, 0.3) is 0 Å². The number of methoxy groups -OCH3 is 1. The zero-order valence-corrected chi connectivity index (χ0v) is 14.4. The Balaban J connectivity index is 1.57. The van der Waals surface area contributed by atoms with Crippen LogP contribution < -0.4 is 10.1 Å². The smallest absolute Gasteiger partial charge is 0.272 e. The van der Waals surface area contributed by atoms with E-state index in [1.807, 2.05) is 30.3 Å². The Morgan fingerprint density at radius 1 is 1.28 bits per heavy atom. The van der Waals surface area contributed by atoms with Gasteiger partial charge in [0, 0.05) is 31.5 Å². The van der Waals surface area contributed by atoms with E-state index in [-0.39, 0.29) is 5.91 Å². The van der Waals surface area contributed by atoms with Crippen molar-refractivity contribution < 1.29 is 14.3 Å². The van der Waals surface area contributed by atoms with Crippen LogP contribution in [-0.4, -0.2) is 55.7 Å². The maximum atomic E-state index is 12.5. The van der Waals surface area contributed by atoms with Crippen molar-refractivity contribution in [3.63, 3.8) is 0 Å². The highest BCUT2D eigenvalue weighted by atomic mass is 16.5. The first-order valence-corrected chi connectivity index (χ1v) is 8.46. The Bertz CT molecular complexity index is 715. The summed E-state index contributed by atoms with van der Waals surface area (Å²) in [6, 6.07) is 11.7. The van der Waals surface area contributed by atoms with Gasteiger partial charge in [-0.05, 0) is 36.2 Å². The molecule has 0 spiro atoms. The van der Waals surface area contributed by atoms with Gasteiger partial charge in [0.25, 0.3) is 5.91 Å². The number of benzene rings is 1. The van der Waals surface area contributed by atoms with E-state index in [4.69, 9.17) is 9.47 Å². The molecule has 1 aliphatic heterocycles. The number of aromatic nitrogens is 1. The van der Waals surface area contributed by atoms with Crippen LogP contribution in [0.5, 0.6) is 5.75 Å². The van der Waals surface area contributed by atoms with E-state index < -0.39 is 0 Å². The molecule has 0 radical (unpaired) electrons. The highest BCUT2D eigenvalue weighted by molar-refractivity contribution is 5.93. The van der Waals surface area contributed by atoms with Gasteiger partial charge in [-0.2, -0.15) is 0 Å². The Morgan fingerprint density at radius 2 is 2.12 bits per heavy atom. The second kappa shape index (κ2) is 8.48. The van der Waals surface area contributed by atoms with Crippen LogP contribution in [-0.2, 0) is 11.2 Å². The Hall–Kier alpha value is -2.60. The van der Waals surface area contributed by atoms with Gasteiger partial charge in [0.05, 0.1) is 20.3 Å². The molecule has 1 aliphatic rings. The molecule has 1 fully saturated rings. The average molecular weight is 341 g/mol. The minimum absolute atomic E-state index is 0.0419. The molecular weight excluding hydrogens is 318 g/mol. The summed E-state index contributed by atoms with van der Waals surface area (Å²) >= 11 is 0. The summed E-state index contributed by atoms with van der Waals surface area (Å²) in [6.45, 7) is 3.18. The molecule has 1 N–H and O–H groups in total. The molecule has 0 aliphatic carbocycles. The Kier molecular flexibility index (Phi) is 5.85. The largest absolute Gasteiger partial charge is 0.497 e. The average Bonchev–Trinajstić information content (AvgIpc) is 2.68. The molecule has 1 aromatic carbocycles. The number of carbonyl (C=O) groups is 1. The summed E-state index contributed by atoms with van der Waals surface area (Å²) in [5.41, 5.74) is 2.56. The lowest BCUT2D eigenvalue weighted by molar-refractivity contribution is 0.0299. The lowest BCUT2D eigenvalue weighted by Crippen LogP contribution is -2.41. The molecule has 6 heteroatoms. The molecule has 132 valence electrons. The highest BCUT2D eigenvalue weighted by Crippen LogP contribution is 2.14. The van der Waals surface area contributed by atoms with Gasteiger partial charge in [-0.1, -0.05) is 12.1 Å². The standard InChI is InChI=1S/C19H23N3O3/c1-24-17-4-2-3-15(13-17)5-7-20-16-6-8-21-18(14-16)19(23)22-9-11-25-12-10-22/h2-4,6,8,13-14H,5,7,9-12H2,1H3,(H,20,21). The number of anilines is 1. The van der Waals surface area contributed by atoms with Gasteiger partial charge < -0.3 is 19.7 Å². The van der Waals surface area contributed by atoms with Crippen molar-refractivity contribution in [1.82, 2.24) is 9.88 Å². The number of carbonyl (C=O) groups excluding carboxylic acids is 1. The molecule has 6 nitrogen and oxygen atoms in total. The molecular formula is C19H23N3O3. The minimum Gasteiger partial charge on any atom is -0.497 e. The van der Waals surface area contributed by atoms with Crippen molar-refractivity contribution >= 4 is 11.6 Å². The summed E-state index contributed by atoms with van der Waals surface area (Å²) in [5, 5.41) is 3.35. The zero-order valence-electron chi connectivity index (χ0n) is 14.4. The van der Waals surface area contributed by atoms with Crippen LogP contribution in [0.1, 0.15) is 16.1 Å². The van der Waals surface area contributed by atoms with Crippen LogP contribution in [0.15, 0.2) is 42.6 Å². The first-order chi connectivity index (χ1) is 12.3. The number of nitrogens with zero attached hydrogens (tertiary/aromatic N) is 2. The van der Waals surface area contributed by atoms with Crippen molar-refractivity contribution in [3.8, 4) is 5.75 Å². The number of morpholine rings is 1. The summed E-state index contributed by atoms with van der Waals surface area (Å²) in [7, 11) is 1.67. The first kappa shape index (κ1) is 17.2. The van der Waals surface area contributed by atoms with E-state index >= 15 is 0 Å². The van der Waals surface area contributed by atoms with Crippen LogP contribution in [0.2, 0.25) is 0 Å². The van der Waals surface area contributed by atoms with Crippen molar-refractivity contribution in [2.45, 2.75) is 6.42 Å². The number of rotatable bonds is 6. The van der Waals surface area contributed by atoms with E-state index in [2.05, 4.69) is 16.4 Å². The van der Waals surface area contributed by atoms with E-state index in [1.165, 1.54) is 5.56 Å². The van der Waals surface area contributed by atoms with Gasteiger partial charge in [0.2, 0.25) is 0 Å². The molecule has 0 bridgehead atoms. The third kappa shape index (κ3) is 4.70. The van der Waals surface area contributed by atoms with Gasteiger partial charge in [0.1, 0.15) is 11.4 Å². The van der Waals surface area contributed by atoms with E-state index in [9.17, 15) is 4.79 Å². The van der Waals surface area contributed by atoms with Gasteiger partial charge in [-0.25, -0.2) is 0 Å². The molecule has 1 amide bonds. The SMILES string of the molecule is COc1cccc(CCNc2ccnc(C(=O)N3CCOCC3)c2)c1. The number of hydrogen-bond acceptors (Lipinski definition) is 5. The molecule has 3 rings (SSSR count). The monoisotopic (exact) mass is 341 g/mol. The third-order valence-corrected chi connectivity index (χ3v) is 4.15. The molecule has 25 heavy (non-hydrogen) atoms. The number of pyridine rings is 1. The Morgan fingerprint density at radius 3 is 2.92 bits per heavy atom. The molecule has 0 atom stereocenters. The number of amides is 1. The normalized spacial score (nSPS) is 14.2. The number of ether oxygens (including phenoxy) is 2. The summed E-state index contributed by atoms with van der Waals surface area (Å²) in [5.74, 6) is 0.819.